The molecule has 140 valence electrons. The van der Waals surface area contributed by atoms with E-state index in [-0.39, 0.29) is 16.9 Å². The largest absolute Gasteiger partial charge is 0.295 e. The molecule has 29 heavy (non-hydrogen) atoms. The van der Waals surface area contributed by atoms with Gasteiger partial charge in [-0.15, -0.1) is 0 Å². The number of hydrogen-bond acceptors (Lipinski definition) is 5. The maximum absolute atomic E-state index is 13.3. The van der Waals surface area contributed by atoms with Gasteiger partial charge in [0.05, 0.1) is 27.9 Å². The first-order chi connectivity index (χ1) is 14.1. The second-order valence-electron chi connectivity index (χ2n) is 6.76. The zero-order valence-corrected chi connectivity index (χ0v) is 15.3. The number of fused-ring (bicyclic) bond motifs is 3. The number of ketones is 1. The van der Waals surface area contributed by atoms with Gasteiger partial charge in [-0.3, -0.25) is 19.5 Å². The summed E-state index contributed by atoms with van der Waals surface area (Å²) >= 11 is 0. The van der Waals surface area contributed by atoms with E-state index in [0.717, 1.165) is 10.5 Å². The number of nitrogens with zero attached hydrogens (tertiary/aromatic N) is 3. The number of pyridine rings is 1. The fourth-order valence-corrected chi connectivity index (χ4v) is 3.59. The van der Waals surface area contributed by atoms with Crippen molar-refractivity contribution < 1.29 is 14.4 Å². The number of Topliss-reactive ketones (excluding diaryl/α,β-unsaturated/α-hetero) is 1. The topological polar surface area (TPSA) is 96.0 Å². The van der Waals surface area contributed by atoms with Gasteiger partial charge in [0.2, 0.25) is 0 Å². The van der Waals surface area contributed by atoms with Gasteiger partial charge in [-0.05, 0) is 31.2 Å². The standard InChI is InChI=1S/C22H14N4O3/c1-12(27)13-7-9-15(10-8-13)26-21(28)16-11-23-20-18(17(16)22(26)29)19(24-25-20)14-5-3-2-4-6-14/h2-11H,1H3,(H,23,24,25). The molecule has 2 amide bonds. The molecule has 0 atom stereocenters. The summed E-state index contributed by atoms with van der Waals surface area (Å²) in [4.78, 5) is 43.2. The van der Waals surface area contributed by atoms with E-state index < -0.39 is 11.8 Å². The van der Waals surface area contributed by atoms with Crippen LogP contribution in [-0.2, 0) is 0 Å². The van der Waals surface area contributed by atoms with Crippen LogP contribution in [0.1, 0.15) is 38.0 Å². The lowest BCUT2D eigenvalue weighted by Crippen LogP contribution is -2.29. The Bertz CT molecular complexity index is 1310. The van der Waals surface area contributed by atoms with Gasteiger partial charge in [-0.1, -0.05) is 30.3 Å². The molecule has 0 saturated heterocycles. The number of H-pyrrole nitrogens is 1. The number of hydrogen-bond donors (Lipinski definition) is 1. The summed E-state index contributed by atoms with van der Waals surface area (Å²) in [5.74, 6) is -0.975. The number of nitrogens with one attached hydrogen (secondary N) is 1. The van der Waals surface area contributed by atoms with E-state index in [1.54, 1.807) is 24.3 Å². The van der Waals surface area contributed by atoms with Crippen LogP contribution in [0.4, 0.5) is 5.69 Å². The van der Waals surface area contributed by atoms with Crippen molar-refractivity contribution in [1.29, 1.82) is 0 Å². The van der Waals surface area contributed by atoms with Crippen molar-refractivity contribution in [3.63, 3.8) is 0 Å². The molecule has 0 aliphatic carbocycles. The minimum Gasteiger partial charge on any atom is -0.295 e. The predicted octanol–water partition coefficient (Wildman–Crippen LogP) is 3.63. The predicted molar refractivity (Wildman–Crippen MR) is 107 cm³/mol. The second kappa shape index (κ2) is 6.20. The number of rotatable bonds is 3. The molecule has 2 aromatic heterocycles. The molecular weight excluding hydrogens is 368 g/mol. The number of carbonyl (C=O) groups excluding carboxylic acids is 3. The van der Waals surface area contributed by atoms with Crippen LogP contribution in [0.15, 0.2) is 60.8 Å². The monoisotopic (exact) mass is 382 g/mol. The number of imide groups is 1. The van der Waals surface area contributed by atoms with Crippen LogP contribution >= 0.6 is 0 Å². The van der Waals surface area contributed by atoms with Crippen LogP contribution in [-0.4, -0.2) is 32.8 Å². The van der Waals surface area contributed by atoms with Crippen LogP contribution in [0.5, 0.6) is 0 Å². The molecule has 0 bridgehead atoms. The van der Waals surface area contributed by atoms with E-state index in [2.05, 4.69) is 15.2 Å². The summed E-state index contributed by atoms with van der Waals surface area (Å²) in [5.41, 5.74) is 3.28. The molecule has 1 aliphatic rings. The highest BCUT2D eigenvalue weighted by Crippen LogP contribution is 2.36. The molecule has 5 rings (SSSR count). The van der Waals surface area contributed by atoms with E-state index >= 15 is 0 Å². The Morgan fingerprint density at radius 2 is 1.69 bits per heavy atom. The summed E-state index contributed by atoms with van der Waals surface area (Å²) in [5, 5.41) is 7.67. The number of aromatic amines is 1. The molecule has 1 N–H and O–H groups in total. The summed E-state index contributed by atoms with van der Waals surface area (Å²) in [6.07, 6.45) is 1.39. The lowest BCUT2D eigenvalue weighted by Gasteiger charge is -2.14. The third-order valence-corrected chi connectivity index (χ3v) is 5.03. The first-order valence-corrected chi connectivity index (χ1v) is 8.98. The van der Waals surface area contributed by atoms with Gasteiger partial charge < -0.3 is 0 Å². The molecule has 3 heterocycles. The van der Waals surface area contributed by atoms with E-state index in [0.29, 0.717) is 28.0 Å². The molecule has 0 unspecified atom stereocenters. The summed E-state index contributed by atoms with van der Waals surface area (Å²) in [7, 11) is 0. The number of carbonyl (C=O) groups is 3. The third-order valence-electron chi connectivity index (χ3n) is 5.03. The maximum Gasteiger partial charge on any atom is 0.267 e. The van der Waals surface area contributed by atoms with Crippen LogP contribution in [0.3, 0.4) is 0 Å². The van der Waals surface area contributed by atoms with Gasteiger partial charge in [0.25, 0.3) is 11.8 Å². The van der Waals surface area contributed by atoms with Gasteiger partial charge in [0.1, 0.15) is 0 Å². The fraction of sp³-hybridized carbons (Fsp3) is 0.0455. The van der Waals surface area contributed by atoms with Gasteiger partial charge in [-0.2, -0.15) is 5.10 Å². The number of anilines is 1. The minimum absolute atomic E-state index is 0.0873. The van der Waals surface area contributed by atoms with Crippen molar-refractivity contribution in [3.05, 3.63) is 77.5 Å². The Hall–Kier alpha value is -4.13. The first kappa shape index (κ1) is 17.0. The minimum atomic E-state index is -0.449. The zero-order chi connectivity index (χ0) is 20.1. The zero-order valence-electron chi connectivity index (χ0n) is 15.3. The van der Waals surface area contributed by atoms with Gasteiger partial charge >= 0.3 is 0 Å². The Balaban J connectivity index is 1.68. The van der Waals surface area contributed by atoms with E-state index in [4.69, 9.17) is 0 Å². The quantitative estimate of drug-likeness (QED) is 0.431. The molecule has 7 nitrogen and oxygen atoms in total. The highest BCUT2D eigenvalue weighted by Gasteiger charge is 2.40. The number of aromatic nitrogens is 3. The molecule has 4 aromatic rings. The molecule has 1 aliphatic heterocycles. The van der Waals surface area contributed by atoms with Crippen LogP contribution in [0.2, 0.25) is 0 Å². The smallest absolute Gasteiger partial charge is 0.267 e. The van der Waals surface area contributed by atoms with E-state index in [1.807, 2.05) is 30.3 Å². The average molecular weight is 382 g/mol. The number of amides is 2. The van der Waals surface area contributed by atoms with Crippen molar-refractivity contribution in [2.24, 2.45) is 0 Å². The number of benzene rings is 2. The third kappa shape index (κ3) is 2.48. The first-order valence-electron chi connectivity index (χ1n) is 8.98. The highest BCUT2D eigenvalue weighted by atomic mass is 16.2. The van der Waals surface area contributed by atoms with Crippen molar-refractivity contribution in [3.8, 4) is 11.3 Å². The Kier molecular flexibility index (Phi) is 3.64. The summed E-state index contributed by atoms with van der Waals surface area (Å²) < 4.78 is 0. The summed E-state index contributed by atoms with van der Waals surface area (Å²) in [6.45, 7) is 1.46. The molecule has 0 spiro atoms. The summed E-state index contributed by atoms with van der Waals surface area (Å²) in [6, 6.07) is 15.8. The molecule has 0 radical (unpaired) electrons. The molecule has 0 saturated carbocycles. The van der Waals surface area contributed by atoms with Gasteiger partial charge in [-0.25, -0.2) is 9.88 Å². The van der Waals surface area contributed by atoms with Crippen molar-refractivity contribution in [2.75, 3.05) is 4.90 Å². The van der Waals surface area contributed by atoms with Gasteiger partial charge in [0.15, 0.2) is 11.4 Å². The van der Waals surface area contributed by atoms with Crippen molar-refractivity contribution >= 4 is 34.3 Å². The average Bonchev–Trinajstić information content (AvgIpc) is 3.28. The fourth-order valence-electron chi connectivity index (χ4n) is 3.59. The molecular formula is C22H14N4O3. The Morgan fingerprint density at radius 1 is 0.966 bits per heavy atom. The molecule has 2 aromatic carbocycles. The highest BCUT2D eigenvalue weighted by molar-refractivity contribution is 6.38. The lowest BCUT2D eigenvalue weighted by molar-refractivity contribution is 0.0925. The Morgan fingerprint density at radius 3 is 2.38 bits per heavy atom. The van der Waals surface area contributed by atoms with Crippen molar-refractivity contribution in [1.82, 2.24) is 15.2 Å². The van der Waals surface area contributed by atoms with Crippen LogP contribution < -0.4 is 4.90 Å². The van der Waals surface area contributed by atoms with Crippen LogP contribution in [0, 0.1) is 0 Å². The molecule has 0 fully saturated rings. The maximum atomic E-state index is 13.3. The van der Waals surface area contributed by atoms with E-state index in [1.165, 1.54) is 13.1 Å². The van der Waals surface area contributed by atoms with Crippen molar-refractivity contribution in [2.45, 2.75) is 6.92 Å². The molecule has 7 heteroatoms. The van der Waals surface area contributed by atoms with E-state index in [9.17, 15) is 14.4 Å². The van der Waals surface area contributed by atoms with Crippen LogP contribution in [0.25, 0.3) is 22.3 Å². The van der Waals surface area contributed by atoms with Gasteiger partial charge in [0, 0.05) is 17.3 Å². The lowest BCUT2D eigenvalue weighted by atomic mass is 10.0. The SMILES string of the molecule is CC(=O)c1ccc(N2C(=O)c3cnc4n[nH]c(-c5ccccc5)c4c3C2=O)cc1. The normalized spacial score (nSPS) is 13.2. The Labute approximate surface area is 165 Å². The second-order valence-corrected chi connectivity index (χ2v) is 6.76.